The number of amides is 1. The topological polar surface area (TPSA) is 79.0 Å². The van der Waals surface area contributed by atoms with Crippen LogP contribution in [-0.4, -0.2) is 58.0 Å². The number of anilines is 1. The van der Waals surface area contributed by atoms with Crippen LogP contribution in [0, 0.1) is 17.6 Å². The summed E-state index contributed by atoms with van der Waals surface area (Å²) in [6, 6.07) is 10.6. The van der Waals surface area contributed by atoms with Crippen LogP contribution in [0.3, 0.4) is 0 Å². The maximum absolute atomic E-state index is 13.5. The van der Waals surface area contributed by atoms with Crippen LogP contribution in [0.2, 0.25) is 0 Å². The highest BCUT2D eigenvalue weighted by atomic mass is 32.2. The van der Waals surface area contributed by atoms with E-state index in [1.165, 1.54) is 4.31 Å². The molecule has 7 nitrogen and oxygen atoms in total. The Morgan fingerprint density at radius 3 is 2.18 bits per heavy atom. The number of carbonyl (C=O) groups excluding carboxylic acids is 1. The van der Waals surface area contributed by atoms with Crippen LogP contribution in [0.15, 0.2) is 47.4 Å². The van der Waals surface area contributed by atoms with Crippen molar-refractivity contribution in [3.63, 3.8) is 0 Å². The van der Waals surface area contributed by atoms with Gasteiger partial charge in [-0.15, -0.1) is 0 Å². The van der Waals surface area contributed by atoms with Crippen molar-refractivity contribution in [2.75, 3.05) is 38.2 Å². The number of benzene rings is 2. The molecule has 0 bridgehead atoms. The molecular weight excluding hydrogens is 464 g/mol. The third-order valence-electron chi connectivity index (χ3n) is 6.63. The molecule has 2 saturated heterocycles. The first-order valence-electron chi connectivity index (χ1n) is 11.4. The third kappa shape index (κ3) is 5.33. The standard InChI is InChI=1S/C24H29F2N3O4S/c1-33-20-4-2-19(3-5-20)28-12-10-18(11-13-28)27-24(30)17-8-14-29(15-9-17)34(31,32)21-6-7-22(25)23(26)16-21/h2-7,16-18H,8-15H2,1H3,(H,27,30). The molecule has 184 valence electrons. The molecule has 10 heteroatoms. The highest BCUT2D eigenvalue weighted by Gasteiger charge is 2.33. The highest BCUT2D eigenvalue weighted by molar-refractivity contribution is 7.89. The van der Waals surface area contributed by atoms with Crippen LogP contribution < -0.4 is 15.0 Å². The molecule has 34 heavy (non-hydrogen) atoms. The van der Waals surface area contributed by atoms with Crippen molar-refractivity contribution in [2.45, 2.75) is 36.6 Å². The first kappa shape index (κ1) is 24.4. The number of nitrogens with zero attached hydrogens (tertiary/aromatic N) is 2. The molecule has 2 aromatic rings. The quantitative estimate of drug-likeness (QED) is 0.669. The average molecular weight is 494 g/mol. The molecule has 0 radical (unpaired) electrons. The second-order valence-electron chi connectivity index (χ2n) is 8.72. The SMILES string of the molecule is COc1ccc(N2CCC(NC(=O)C3CCN(S(=O)(=O)c4ccc(F)c(F)c4)CC3)CC2)cc1. The molecule has 1 amide bonds. The van der Waals surface area contributed by atoms with Crippen LogP contribution >= 0.6 is 0 Å². The largest absolute Gasteiger partial charge is 0.497 e. The van der Waals surface area contributed by atoms with Gasteiger partial charge in [0, 0.05) is 43.8 Å². The summed E-state index contributed by atoms with van der Waals surface area (Å²) in [7, 11) is -2.30. The molecule has 2 aliphatic heterocycles. The number of hydrogen-bond acceptors (Lipinski definition) is 5. The van der Waals surface area contributed by atoms with E-state index >= 15 is 0 Å². The van der Waals surface area contributed by atoms with Gasteiger partial charge >= 0.3 is 0 Å². The molecule has 2 heterocycles. The maximum atomic E-state index is 13.5. The summed E-state index contributed by atoms with van der Waals surface area (Å²) in [4.78, 5) is 14.8. The molecule has 2 aliphatic rings. The number of hydrogen-bond donors (Lipinski definition) is 1. The molecule has 2 fully saturated rings. The fourth-order valence-electron chi connectivity index (χ4n) is 4.54. The smallest absolute Gasteiger partial charge is 0.243 e. The van der Waals surface area contributed by atoms with Crippen LogP contribution in [0.1, 0.15) is 25.7 Å². The predicted octanol–water partition coefficient (Wildman–Crippen LogP) is 3.16. The summed E-state index contributed by atoms with van der Waals surface area (Å²) in [5, 5.41) is 3.13. The molecule has 0 unspecified atom stereocenters. The zero-order valence-electron chi connectivity index (χ0n) is 19.0. The van der Waals surface area contributed by atoms with Crippen molar-refractivity contribution in [1.29, 1.82) is 0 Å². The van der Waals surface area contributed by atoms with Gasteiger partial charge in [-0.25, -0.2) is 17.2 Å². The Morgan fingerprint density at radius 1 is 0.941 bits per heavy atom. The molecule has 0 aliphatic carbocycles. The number of sulfonamides is 1. The number of ether oxygens (including phenoxy) is 1. The van der Waals surface area contributed by atoms with Gasteiger partial charge in [0.2, 0.25) is 15.9 Å². The van der Waals surface area contributed by atoms with E-state index in [0.29, 0.717) is 18.9 Å². The summed E-state index contributed by atoms with van der Waals surface area (Å²) < 4.78 is 58.6. The lowest BCUT2D eigenvalue weighted by Gasteiger charge is -2.35. The van der Waals surface area contributed by atoms with Crippen LogP contribution in [0.4, 0.5) is 14.5 Å². The van der Waals surface area contributed by atoms with Crippen molar-refractivity contribution >= 4 is 21.6 Å². The van der Waals surface area contributed by atoms with Crippen molar-refractivity contribution in [1.82, 2.24) is 9.62 Å². The van der Waals surface area contributed by atoms with E-state index in [1.807, 2.05) is 24.3 Å². The van der Waals surface area contributed by atoms with E-state index in [9.17, 15) is 22.0 Å². The van der Waals surface area contributed by atoms with Gasteiger partial charge in [-0.05, 0) is 68.1 Å². The molecule has 0 spiro atoms. The van der Waals surface area contributed by atoms with Gasteiger partial charge in [0.05, 0.1) is 12.0 Å². The predicted molar refractivity (Wildman–Crippen MR) is 124 cm³/mol. The molecule has 0 atom stereocenters. The Bertz CT molecular complexity index is 1110. The van der Waals surface area contributed by atoms with E-state index < -0.39 is 21.7 Å². The minimum Gasteiger partial charge on any atom is -0.497 e. The first-order valence-corrected chi connectivity index (χ1v) is 12.9. The van der Waals surface area contributed by atoms with Gasteiger partial charge in [0.15, 0.2) is 11.6 Å². The minimum atomic E-state index is -3.93. The number of carbonyl (C=O) groups is 1. The van der Waals surface area contributed by atoms with Gasteiger partial charge in [0.25, 0.3) is 0 Å². The summed E-state index contributed by atoms with van der Waals surface area (Å²) in [5.41, 5.74) is 1.13. The molecule has 4 rings (SSSR count). The van der Waals surface area contributed by atoms with E-state index in [4.69, 9.17) is 4.74 Å². The number of methoxy groups -OCH3 is 1. The van der Waals surface area contributed by atoms with E-state index in [0.717, 1.165) is 49.5 Å². The molecule has 0 aromatic heterocycles. The van der Waals surface area contributed by atoms with Crippen LogP contribution in [-0.2, 0) is 14.8 Å². The lowest BCUT2D eigenvalue weighted by atomic mass is 9.95. The Balaban J connectivity index is 1.26. The summed E-state index contributed by atoms with van der Waals surface area (Å²) in [6.07, 6.45) is 2.45. The molecule has 1 N–H and O–H groups in total. The summed E-state index contributed by atoms with van der Waals surface area (Å²) >= 11 is 0. The highest BCUT2D eigenvalue weighted by Crippen LogP contribution is 2.26. The van der Waals surface area contributed by atoms with E-state index in [-0.39, 0.29) is 35.9 Å². The monoisotopic (exact) mass is 493 g/mol. The zero-order chi connectivity index (χ0) is 24.3. The molecule has 2 aromatic carbocycles. The fourth-order valence-corrected chi connectivity index (χ4v) is 6.02. The van der Waals surface area contributed by atoms with E-state index in [1.54, 1.807) is 7.11 Å². The Hall–Kier alpha value is -2.72. The number of piperidine rings is 2. The third-order valence-corrected chi connectivity index (χ3v) is 8.53. The lowest BCUT2D eigenvalue weighted by molar-refractivity contribution is -0.127. The fraction of sp³-hybridized carbons (Fsp3) is 0.458. The Labute approximate surface area is 198 Å². The van der Waals surface area contributed by atoms with Crippen LogP contribution in [0.25, 0.3) is 0 Å². The van der Waals surface area contributed by atoms with Crippen LogP contribution in [0.5, 0.6) is 5.75 Å². The number of halogens is 2. The second-order valence-corrected chi connectivity index (χ2v) is 10.7. The molecular formula is C24H29F2N3O4S. The van der Waals surface area contributed by atoms with Gasteiger partial charge in [-0.3, -0.25) is 4.79 Å². The van der Waals surface area contributed by atoms with Crippen molar-refractivity contribution in [3.05, 3.63) is 54.1 Å². The summed E-state index contributed by atoms with van der Waals surface area (Å²) in [5.74, 6) is -1.80. The maximum Gasteiger partial charge on any atom is 0.243 e. The first-order chi connectivity index (χ1) is 16.3. The average Bonchev–Trinajstić information content (AvgIpc) is 2.86. The van der Waals surface area contributed by atoms with Gasteiger partial charge in [0.1, 0.15) is 5.75 Å². The van der Waals surface area contributed by atoms with Gasteiger partial charge < -0.3 is 15.0 Å². The van der Waals surface area contributed by atoms with Crippen molar-refractivity contribution in [3.8, 4) is 5.75 Å². The normalized spacial score (nSPS) is 18.6. The van der Waals surface area contributed by atoms with Gasteiger partial charge in [-0.1, -0.05) is 0 Å². The Morgan fingerprint density at radius 2 is 1.59 bits per heavy atom. The molecule has 0 saturated carbocycles. The Kier molecular flexibility index (Phi) is 7.37. The second kappa shape index (κ2) is 10.3. The minimum absolute atomic E-state index is 0.0484. The van der Waals surface area contributed by atoms with E-state index in [2.05, 4.69) is 10.2 Å². The van der Waals surface area contributed by atoms with Crippen molar-refractivity contribution < 1.29 is 26.7 Å². The lowest BCUT2D eigenvalue weighted by Crippen LogP contribution is -2.48. The zero-order valence-corrected chi connectivity index (χ0v) is 19.9. The number of rotatable bonds is 6. The van der Waals surface area contributed by atoms with Gasteiger partial charge in [-0.2, -0.15) is 4.31 Å². The number of nitrogens with one attached hydrogen (secondary N) is 1. The summed E-state index contributed by atoms with van der Waals surface area (Å²) in [6.45, 7) is 2.00. The van der Waals surface area contributed by atoms with Crippen molar-refractivity contribution in [2.24, 2.45) is 5.92 Å².